The number of H-pyrrole nitrogens is 1. The Morgan fingerprint density at radius 3 is 1.09 bits per heavy atom. The summed E-state index contributed by atoms with van der Waals surface area (Å²) in [6.07, 6.45) is 12.9. The summed E-state index contributed by atoms with van der Waals surface area (Å²) in [4.78, 5) is 159. The molecule has 1 unspecified atom stereocenters. The minimum atomic E-state index is -3.01. The first kappa shape index (κ1) is 90.5. The van der Waals surface area contributed by atoms with E-state index < -0.39 is 88.2 Å². The number of hydrogen-bond acceptors (Lipinski definition) is 19. The molecular weight excluding hydrogens is 1770 g/mol. The third-order valence-corrected chi connectivity index (χ3v) is 25.3. The van der Waals surface area contributed by atoms with Gasteiger partial charge >= 0.3 is 30.7 Å². The zero-order chi connectivity index (χ0) is 96.3. The maximum Gasteiger partial charge on any atom is 0.387 e. The van der Waals surface area contributed by atoms with E-state index in [1.807, 2.05) is 125 Å². The molecule has 137 heavy (non-hydrogen) atoms. The molecule has 8 aliphatic rings. The number of fused-ring (bicyclic) bond motifs is 5. The Balaban J connectivity index is 0.000000121. The summed E-state index contributed by atoms with van der Waals surface area (Å²) in [5.74, 6) is -2.31. The number of aromatic amines is 1. The molecule has 9 aromatic carbocycles. The van der Waals surface area contributed by atoms with Crippen LogP contribution in [0.2, 0.25) is 0 Å². The number of nitrogens with one attached hydrogen (secondary N) is 9. The van der Waals surface area contributed by atoms with Crippen LogP contribution in [-0.2, 0) is 81.1 Å². The van der Waals surface area contributed by atoms with Crippen molar-refractivity contribution >= 4 is 82.3 Å². The van der Waals surface area contributed by atoms with E-state index in [9.17, 15) is 70.7 Å². The summed E-state index contributed by atoms with van der Waals surface area (Å²) >= 11 is 0. The number of urea groups is 4. The number of ether oxygens (including phenoxy) is 3. The van der Waals surface area contributed by atoms with Gasteiger partial charge in [-0.15, -0.1) is 0 Å². The molecule has 4 fully saturated rings. The van der Waals surface area contributed by atoms with Gasteiger partial charge in [-0.05, 0) is 147 Å². The Bertz CT molecular complexity index is 7080. The van der Waals surface area contributed by atoms with Gasteiger partial charge in [0.15, 0.2) is 22.2 Å². The van der Waals surface area contributed by atoms with Crippen molar-refractivity contribution in [2.75, 3.05) is 40.4 Å². The number of alkyl halides is 2. The van der Waals surface area contributed by atoms with Crippen molar-refractivity contribution < 1.29 is 84.9 Å². The van der Waals surface area contributed by atoms with Crippen molar-refractivity contribution in [3.05, 3.63) is 304 Å². The lowest BCUT2D eigenvalue weighted by Crippen LogP contribution is -2.52. The normalized spacial score (nSPS) is 19.4. The van der Waals surface area contributed by atoms with Gasteiger partial charge in [0.05, 0.1) is 70.7 Å². The van der Waals surface area contributed by atoms with Crippen LogP contribution in [0.4, 0.5) is 32.3 Å². The standard InChI is InChI=1S/C26H27N5O4.C25H18FN5O3.C25H25N5O4.C23H19F2N5O4/c1-16(2)12-31-14-19(11-27-31)17-4-7-20(8-5-17)26(24(33)28-25(34)29-26)15-30-13-18-6-9-21(35-3)10-22(18)23(30)32;26-19-8-5-17-12-31(22(32)20(17)10-19)13-25(23(33)28-24(34)29-25)18-6-3-14(4-7-18)15-1-2-16-11-27-30-21(16)9-15;1-15(2)30-13-18(11-26-30)16-4-7-19(8-5-16)25(23(32)27-24(33)28-25)14-29-12-17-6-9-20(34-3)10-21(17)22(29)31;1-29-10-15(9-26-29)13-2-5-16(6-3-13)23(20(32)27-22(33)28-23)12-30-11-14-4-7-17(34-21(24)25)8-18(14)19(30)31/h4-11,14,16H,12-13,15H2,1-3H3,(H2,28,29,33,34);1-11H,12-13H2,(H,27,30)(H2,28,29,33,34);4-11,13,15H,12,14H2,1-3H3,(H2,27,28,32,33);2-10,21H,11-12H2,1H3,(H2,27,28,32,33)/t26-;;25-;23-/m0.00/s1. The van der Waals surface area contributed by atoms with E-state index in [1.54, 1.807) is 121 Å². The molecule has 38 heteroatoms. The highest BCUT2D eigenvalue weighted by Gasteiger charge is 2.55. The van der Waals surface area contributed by atoms with Crippen LogP contribution in [0, 0.1) is 11.7 Å². The van der Waals surface area contributed by atoms with E-state index in [-0.39, 0.29) is 79.9 Å². The third kappa shape index (κ3) is 17.5. The zero-order valence-corrected chi connectivity index (χ0v) is 74.7. The molecule has 0 spiro atoms. The Morgan fingerprint density at radius 1 is 0.380 bits per heavy atom. The van der Waals surface area contributed by atoms with E-state index in [4.69, 9.17) is 9.47 Å². The molecule has 0 radical (unpaired) electrons. The molecule has 0 aliphatic carbocycles. The molecule has 16 amide bonds. The second-order valence-corrected chi connectivity index (χ2v) is 35.0. The number of aromatic nitrogens is 8. The number of amides is 16. The van der Waals surface area contributed by atoms with E-state index >= 15 is 0 Å². The van der Waals surface area contributed by atoms with Gasteiger partial charge < -0.3 is 55.1 Å². The van der Waals surface area contributed by atoms with Crippen molar-refractivity contribution in [1.82, 2.24) is 102 Å². The Morgan fingerprint density at radius 2 is 0.730 bits per heavy atom. The van der Waals surface area contributed by atoms with Crippen LogP contribution in [0.3, 0.4) is 0 Å². The highest BCUT2D eigenvalue weighted by atomic mass is 19.3. The quantitative estimate of drug-likeness (QED) is 0.0269. The van der Waals surface area contributed by atoms with Gasteiger partial charge in [0.2, 0.25) is 0 Å². The molecule has 21 rings (SSSR count). The van der Waals surface area contributed by atoms with Gasteiger partial charge in [0.25, 0.3) is 47.3 Å². The van der Waals surface area contributed by atoms with Crippen LogP contribution in [-0.4, -0.2) is 178 Å². The van der Waals surface area contributed by atoms with Crippen LogP contribution in [0.1, 0.15) is 120 Å². The minimum Gasteiger partial charge on any atom is -0.497 e. The van der Waals surface area contributed by atoms with Crippen LogP contribution in [0.15, 0.2) is 231 Å². The highest BCUT2D eigenvalue weighted by Crippen LogP contribution is 2.41. The topological polar surface area (TPSA) is 424 Å². The first-order chi connectivity index (χ1) is 65.8. The maximum absolute atomic E-state index is 13.7. The lowest BCUT2D eigenvalue weighted by atomic mass is 9.88. The molecule has 9 N–H and O–H groups in total. The van der Waals surface area contributed by atoms with E-state index in [2.05, 4.69) is 100 Å². The van der Waals surface area contributed by atoms with Crippen LogP contribution < -0.4 is 56.7 Å². The summed E-state index contributed by atoms with van der Waals surface area (Å²) < 4.78 is 59.1. The molecule has 4 atom stereocenters. The molecule has 12 heterocycles. The molecule has 0 bridgehead atoms. The Hall–Kier alpha value is -17.1. The van der Waals surface area contributed by atoms with E-state index in [1.165, 1.54) is 40.1 Å². The van der Waals surface area contributed by atoms with Gasteiger partial charge in [-0.2, -0.15) is 29.2 Å². The van der Waals surface area contributed by atoms with Gasteiger partial charge in [-0.25, -0.2) is 23.6 Å². The number of nitrogens with zero attached hydrogens (tertiary/aromatic N) is 11. The van der Waals surface area contributed by atoms with Crippen molar-refractivity contribution in [1.29, 1.82) is 0 Å². The number of hydrogen-bond donors (Lipinski definition) is 9. The fourth-order valence-electron chi connectivity index (χ4n) is 18.3. The van der Waals surface area contributed by atoms with Crippen molar-refractivity contribution in [3.63, 3.8) is 0 Å². The average molecular weight is 1860 g/mol. The second-order valence-electron chi connectivity index (χ2n) is 35.0. The lowest BCUT2D eigenvalue weighted by Gasteiger charge is -2.31. The Labute approximate surface area is 779 Å². The monoisotopic (exact) mass is 1850 g/mol. The largest absolute Gasteiger partial charge is 0.497 e. The first-order valence-corrected chi connectivity index (χ1v) is 43.6. The summed E-state index contributed by atoms with van der Waals surface area (Å²) in [6, 6.07) is 51.8. The number of aryl methyl sites for hydroxylation is 1. The van der Waals surface area contributed by atoms with E-state index in [0.717, 1.165) is 73.1 Å². The molecule has 696 valence electrons. The number of methoxy groups -OCH3 is 2. The highest BCUT2D eigenvalue weighted by molar-refractivity contribution is 6.12. The number of carbonyl (C=O) groups is 12. The predicted octanol–water partition coefficient (Wildman–Crippen LogP) is 11.2. The van der Waals surface area contributed by atoms with Crippen LogP contribution in [0.5, 0.6) is 17.2 Å². The molecule has 35 nitrogen and oxygen atoms in total. The number of rotatable bonds is 23. The molecule has 8 aliphatic heterocycles. The fraction of sp³-hybridized carbons (Fsp3) is 0.232. The number of imide groups is 4. The summed E-state index contributed by atoms with van der Waals surface area (Å²) in [5, 5.41) is 41.1. The van der Waals surface area contributed by atoms with Gasteiger partial charge in [-0.3, -0.25) is 78.8 Å². The predicted molar refractivity (Wildman–Crippen MR) is 489 cm³/mol. The smallest absolute Gasteiger partial charge is 0.387 e. The summed E-state index contributed by atoms with van der Waals surface area (Å²) in [5.41, 5.74) is 9.36. The maximum atomic E-state index is 13.7. The minimum absolute atomic E-state index is 0.00499. The van der Waals surface area contributed by atoms with Crippen molar-refractivity contribution in [3.8, 4) is 61.8 Å². The SMILES string of the molecule is COc1ccc2c(c1)C(=O)N(C[C@@]1(c3ccc(-c4cnn(C(C)C)c4)cc3)NC(=O)NC1=O)C2.COc1ccc2c(c1)C(=O)N(C[C@@]1(c3ccc(-c4cnn(CC(C)C)c4)cc3)NC(=O)NC1=O)C2.Cn1cc(-c2ccc([C@]3(CN4Cc5ccc(OC(F)F)cc5C4=O)NC(=O)NC3=O)cc2)cn1.O=C1NC(=O)C(CN2Cc3ccc(F)cc3C2=O)(c2ccc(-c3ccc4cn[nH]c4c3)cc2)N1. The van der Waals surface area contributed by atoms with Crippen LogP contribution >= 0.6 is 0 Å². The molecular formula is C99H89F3N20O15. The van der Waals surface area contributed by atoms with Crippen LogP contribution in [0.25, 0.3) is 55.4 Å². The summed E-state index contributed by atoms with van der Waals surface area (Å²) in [7, 11) is 4.90. The second kappa shape index (κ2) is 36.1. The number of benzene rings is 9. The number of carbonyl (C=O) groups excluding carboxylic acids is 12. The summed E-state index contributed by atoms with van der Waals surface area (Å²) in [6.45, 7) is 7.04. The van der Waals surface area contributed by atoms with Crippen molar-refractivity contribution in [2.24, 2.45) is 13.0 Å². The van der Waals surface area contributed by atoms with E-state index in [0.29, 0.717) is 75.0 Å². The molecule has 4 aromatic heterocycles. The number of halogens is 3. The molecule has 13 aromatic rings. The first-order valence-electron chi connectivity index (χ1n) is 43.6. The molecule has 0 saturated carbocycles. The fourth-order valence-corrected chi connectivity index (χ4v) is 18.3. The zero-order valence-electron chi connectivity index (χ0n) is 74.7. The van der Waals surface area contributed by atoms with Crippen molar-refractivity contribution in [2.45, 2.75) is 95.2 Å². The Kier molecular flexibility index (Phi) is 23.9. The van der Waals surface area contributed by atoms with Gasteiger partial charge in [0, 0.05) is 109 Å². The lowest BCUT2D eigenvalue weighted by molar-refractivity contribution is -0.125. The molecule has 4 saturated heterocycles. The third-order valence-electron chi connectivity index (χ3n) is 25.3. The van der Waals surface area contributed by atoms with Gasteiger partial charge in [-0.1, -0.05) is 147 Å². The average Bonchev–Trinajstić information content (AvgIpc) is 1.63. The van der Waals surface area contributed by atoms with Gasteiger partial charge in [0.1, 0.15) is 23.1 Å².